The average Bonchev–Trinajstić information content (AvgIpc) is 2.58. The third kappa shape index (κ3) is 3.20. The van der Waals surface area contributed by atoms with E-state index in [9.17, 15) is 0 Å². The first kappa shape index (κ1) is 14.2. The first-order chi connectivity index (χ1) is 9.95. The molecule has 0 atom stereocenters. The molecular weight excluding hydrogens is 270 g/mol. The molecule has 1 heterocycles. The molecule has 20 heavy (non-hydrogen) atoms. The van der Waals surface area contributed by atoms with Crippen molar-refractivity contribution in [3.8, 4) is 22.5 Å². The van der Waals surface area contributed by atoms with Crippen molar-refractivity contribution in [2.75, 3.05) is 0 Å². The maximum Gasteiger partial charge on any atom is 0.138 e. The van der Waals surface area contributed by atoms with Crippen LogP contribution in [0.25, 0.3) is 22.5 Å². The fraction of sp³-hybridized carbons (Fsp3) is 0. The topological polar surface area (TPSA) is 58.9 Å². The summed E-state index contributed by atoms with van der Waals surface area (Å²) in [5.74, 6) is 0. The van der Waals surface area contributed by atoms with Crippen molar-refractivity contribution in [1.82, 2.24) is 15.2 Å². The molecule has 0 aliphatic carbocycles. The highest BCUT2D eigenvalue weighted by Crippen LogP contribution is 2.26. The Bertz CT molecular complexity index is 589. The summed E-state index contributed by atoms with van der Waals surface area (Å²) in [6.45, 7) is 0. The number of nitrogens with zero attached hydrogens (tertiary/aromatic N) is 3. The van der Waals surface area contributed by atoms with E-state index in [2.05, 4.69) is 28.1 Å². The Kier molecular flexibility index (Phi) is 5.23. The van der Waals surface area contributed by atoms with E-state index in [1.54, 1.807) is 0 Å². The molecule has 0 amide bonds. The van der Waals surface area contributed by atoms with Crippen LogP contribution >= 0.6 is 12.9 Å². The van der Waals surface area contributed by atoms with Gasteiger partial charge in [0.1, 0.15) is 17.7 Å². The molecule has 5 heteroatoms. The first-order valence-electron chi connectivity index (χ1n) is 5.93. The number of rotatable bonds is 2. The quantitative estimate of drug-likeness (QED) is 0.557. The smallest absolute Gasteiger partial charge is 0.138 e. The van der Waals surface area contributed by atoms with Gasteiger partial charge in [-0.25, -0.2) is 4.98 Å². The van der Waals surface area contributed by atoms with Crippen molar-refractivity contribution in [3.05, 3.63) is 67.0 Å². The molecular formula is C15H13N3OS. The van der Waals surface area contributed by atoms with Crippen molar-refractivity contribution < 1.29 is 4.55 Å². The van der Waals surface area contributed by atoms with E-state index < -0.39 is 0 Å². The zero-order valence-electron chi connectivity index (χ0n) is 10.6. The molecule has 0 saturated carbocycles. The van der Waals surface area contributed by atoms with Gasteiger partial charge < -0.3 is 4.55 Å². The highest BCUT2D eigenvalue weighted by atomic mass is 32.1. The van der Waals surface area contributed by atoms with E-state index in [0.29, 0.717) is 0 Å². The van der Waals surface area contributed by atoms with E-state index in [0.717, 1.165) is 22.5 Å². The minimum absolute atomic E-state index is 0.810. The van der Waals surface area contributed by atoms with E-state index in [1.807, 2.05) is 60.7 Å². The third-order valence-electron chi connectivity index (χ3n) is 2.71. The molecule has 0 unspecified atom stereocenters. The lowest BCUT2D eigenvalue weighted by Gasteiger charge is -2.06. The van der Waals surface area contributed by atoms with Crippen LogP contribution in [-0.4, -0.2) is 19.7 Å². The molecule has 3 rings (SSSR count). The Hall–Kier alpha value is -2.24. The standard InChI is InChI=1S/C15H11N3.H2OS/c1-3-7-12(8-4-1)14-15(18-17-11-16-14)13-9-5-2-6-10-13;1-2/h1-11H;1-2H. The van der Waals surface area contributed by atoms with Crippen molar-refractivity contribution in [2.24, 2.45) is 0 Å². The van der Waals surface area contributed by atoms with Gasteiger partial charge in [-0.3, -0.25) is 0 Å². The number of aromatic nitrogens is 3. The lowest BCUT2D eigenvalue weighted by molar-refractivity contribution is 0.679. The van der Waals surface area contributed by atoms with Crippen molar-refractivity contribution in [1.29, 1.82) is 0 Å². The largest absolute Gasteiger partial charge is 0.333 e. The molecule has 1 aromatic heterocycles. The average molecular weight is 283 g/mol. The fourth-order valence-electron chi connectivity index (χ4n) is 1.87. The minimum atomic E-state index is 0.810. The van der Waals surface area contributed by atoms with Crippen molar-refractivity contribution in [3.63, 3.8) is 0 Å². The third-order valence-corrected chi connectivity index (χ3v) is 2.71. The highest BCUT2D eigenvalue weighted by molar-refractivity contribution is 7.74. The second kappa shape index (κ2) is 7.37. The van der Waals surface area contributed by atoms with E-state index in [4.69, 9.17) is 4.55 Å². The normalized spacial score (nSPS) is 9.50. The van der Waals surface area contributed by atoms with Crippen LogP contribution < -0.4 is 0 Å². The predicted molar refractivity (Wildman–Crippen MR) is 82.3 cm³/mol. The van der Waals surface area contributed by atoms with Gasteiger partial charge in [0.25, 0.3) is 0 Å². The summed E-state index contributed by atoms with van der Waals surface area (Å²) in [6, 6.07) is 20.0. The van der Waals surface area contributed by atoms with Crippen LogP contribution in [0.15, 0.2) is 67.0 Å². The molecule has 0 spiro atoms. The molecule has 0 saturated heterocycles. The van der Waals surface area contributed by atoms with Crippen molar-refractivity contribution in [2.45, 2.75) is 0 Å². The Morgan fingerprint density at radius 1 is 0.700 bits per heavy atom. The lowest BCUT2D eigenvalue weighted by atomic mass is 10.0. The van der Waals surface area contributed by atoms with Gasteiger partial charge in [0.2, 0.25) is 0 Å². The summed E-state index contributed by atoms with van der Waals surface area (Å²) >= 11 is 2.53. The number of hydrogen-bond acceptors (Lipinski definition) is 5. The molecule has 0 aliphatic heterocycles. The summed E-state index contributed by atoms with van der Waals surface area (Å²) in [4.78, 5) is 4.35. The summed E-state index contributed by atoms with van der Waals surface area (Å²) in [7, 11) is 0. The van der Waals surface area contributed by atoms with E-state index >= 15 is 0 Å². The van der Waals surface area contributed by atoms with Gasteiger partial charge in [-0.15, -0.1) is 10.2 Å². The molecule has 1 N–H and O–H groups in total. The molecule has 0 bridgehead atoms. The van der Waals surface area contributed by atoms with Crippen LogP contribution in [0.2, 0.25) is 0 Å². The van der Waals surface area contributed by atoms with Gasteiger partial charge in [-0.05, 0) is 12.9 Å². The molecule has 3 aromatic rings. The Morgan fingerprint density at radius 3 is 1.75 bits per heavy atom. The van der Waals surface area contributed by atoms with Gasteiger partial charge >= 0.3 is 0 Å². The number of hydrogen-bond donors (Lipinski definition) is 2. The van der Waals surface area contributed by atoms with Gasteiger partial charge in [0, 0.05) is 11.1 Å². The van der Waals surface area contributed by atoms with Crippen molar-refractivity contribution >= 4 is 12.9 Å². The summed E-state index contributed by atoms with van der Waals surface area (Å²) in [5.41, 5.74) is 3.74. The van der Waals surface area contributed by atoms with E-state index in [1.165, 1.54) is 6.33 Å². The monoisotopic (exact) mass is 283 g/mol. The molecule has 0 aliphatic rings. The van der Waals surface area contributed by atoms with Crippen LogP contribution in [0.3, 0.4) is 0 Å². The highest BCUT2D eigenvalue weighted by Gasteiger charge is 2.09. The number of thiol groups is 1. The van der Waals surface area contributed by atoms with Crippen LogP contribution in [0, 0.1) is 0 Å². The molecule has 0 radical (unpaired) electrons. The number of benzene rings is 2. The first-order valence-corrected chi connectivity index (χ1v) is 6.33. The lowest BCUT2D eigenvalue weighted by Crippen LogP contribution is -1.94. The zero-order chi connectivity index (χ0) is 14.2. The van der Waals surface area contributed by atoms with Gasteiger partial charge in [-0.2, -0.15) is 0 Å². The Morgan fingerprint density at radius 2 is 1.20 bits per heavy atom. The zero-order valence-corrected chi connectivity index (χ0v) is 11.5. The SMILES string of the molecule is OS.c1ccc(-c2ncnnc2-c2ccccc2)cc1. The second-order valence-corrected chi connectivity index (χ2v) is 3.89. The summed E-state index contributed by atoms with van der Waals surface area (Å²) in [6.07, 6.45) is 1.48. The van der Waals surface area contributed by atoms with Crippen LogP contribution in [0.5, 0.6) is 0 Å². The molecule has 2 aromatic carbocycles. The predicted octanol–water partition coefficient (Wildman–Crippen LogP) is 3.59. The van der Waals surface area contributed by atoms with Crippen LogP contribution in [-0.2, 0) is 0 Å². The fourth-order valence-corrected chi connectivity index (χ4v) is 1.87. The summed E-state index contributed by atoms with van der Waals surface area (Å²) < 4.78 is 6.69. The Labute approximate surface area is 122 Å². The van der Waals surface area contributed by atoms with Gasteiger partial charge in [0.15, 0.2) is 0 Å². The maximum atomic E-state index is 6.69. The van der Waals surface area contributed by atoms with Gasteiger partial charge in [0.05, 0.1) is 0 Å². The summed E-state index contributed by atoms with van der Waals surface area (Å²) in [5, 5.41) is 8.10. The van der Waals surface area contributed by atoms with Gasteiger partial charge in [-0.1, -0.05) is 60.7 Å². The Balaban J connectivity index is 0.000000704. The molecule has 4 nitrogen and oxygen atoms in total. The minimum Gasteiger partial charge on any atom is -0.333 e. The second-order valence-electron chi connectivity index (χ2n) is 3.89. The van der Waals surface area contributed by atoms with Crippen LogP contribution in [0.1, 0.15) is 0 Å². The molecule has 0 fully saturated rings. The molecule has 100 valence electrons. The van der Waals surface area contributed by atoms with Crippen LogP contribution in [0.4, 0.5) is 0 Å². The van der Waals surface area contributed by atoms with E-state index in [-0.39, 0.29) is 0 Å². The maximum absolute atomic E-state index is 6.69.